The predicted molar refractivity (Wildman–Crippen MR) is 73.5 cm³/mol. The number of aliphatic hydroxyl groups is 1. The molecule has 1 rings (SSSR count). The van der Waals surface area contributed by atoms with Gasteiger partial charge in [-0.2, -0.15) is 0 Å². The van der Waals surface area contributed by atoms with Crippen LogP contribution in [0.25, 0.3) is 0 Å². The fraction of sp³-hybridized carbons (Fsp3) is 0.571. The van der Waals surface area contributed by atoms with Crippen molar-refractivity contribution in [3.8, 4) is 0 Å². The first-order valence-corrected chi connectivity index (χ1v) is 6.25. The van der Waals surface area contributed by atoms with Crippen LogP contribution in [0.1, 0.15) is 25.0 Å². The molecule has 0 saturated heterocycles. The number of aliphatic hydroxyl groups excluding tert-OH is 1. The Bertz CT molecular complexity index is 380. The zero-order chi connectivity index (χ0) is 13.7. The van der Waals surface area contributed by atoms with Crippen molar-refractivity contribution >= 4 is 5.69 Å². The van der Waals surface area contributed by atoms with Crippen LogP contribution in [0.5, 0.6) is 0 Å². The van der Waals surface area contributed by atoms with Crippen LogP contribution >= 0.6 is 0 Å². The van der Waals surface area contributed by atoms with Crippen LogP contribution in [-0.2, 0) is 0 Å². The zero-order valence-electron chi connectivity index (χ0n) is 11.7. The van der Waals surface area contributed by atoms with Gasteiger partial charge in [-0.15, -0.1) is 0 Å². The topological polar surface area (TPSA) is 26.7 Å². The maximum atomic E-state index is 13.9. The molecule has 0 amide bonds. The van der Waals surface area contributed by atoms with Crippen molar-refractivity contribution in [1.29, 1.82) is 0 Å². The molecule has 0 aliphatic carbocycles. The van der Waals surface area contributed by atoms with Gasteiger partial charge < -0.3 is 14.9 Å². The number of hydrogen-bond donors (Lipinski definition) is 1. The molecule has 3 nitrogen and oxygen atoms in total. The Balaban J connectivity index is 2.65. The van der Waals surface area contributed by atoms with E-state index in [1.54, 1.807) is 19.1 Å². The molecule has 0 aromatic heterocycles. The van der Waals surface area contributed by atoms with Crippen molar-refractivity contribution < 1.29 is 9.50 Å². The third kappa shape index (κ3) is 4.27. The second-order valence-electron chi connectivity index (χ2n) is 4.97. The first-order valence-electron chi connectivity index (χ1n) is 6.25. The molecule has 0 bridgehead atoms. The van der Waals surface area contributed by atoms with Crippen molar-refractivity contribution in [3.05, 3.63) is 29.6 Å². The van der Waals surface area contributed by atoms with E-state index in [1.165, 1.54) is 6.07 Å². The van der Waals surface area contributed by atoms with Crippen molar-refractivity contribution in [2.45, 2.75) is 19.4 Å². The average molecular weight is 254 g/mol. The van der Waals surface area contributed by atoms with Gasteiger partial charge in [0.05, 0.1) is 11.8 Å². The normalized spacial score (nSPS) is 12.8. The summed E-state index contributed by atoms with van der Waals surface area (Å²) in [6.45, 7) is 3.43. The third-order valence-corrected chi connectivity index (χ3v) is 2.96. The van der Waals surface area contributed by atoms with E-state index in [0.29, 0.717) is 11.3 Å². The van der Waals surface area contributed by atoms with E-state index >= 15 is 0 Å². The van der Waals surface area contributed by atoms with Gasteiger partial charge in [0, 0.05) is 13.6 Å². The molecule has 0 heterocycles. The highest BCUT2D eigenvalue weighted by molar-refractivity contribution is 5.48. The molecule has 0 spiro atoms. The van der Waals surface area contributed by atoms with E-state index in [2.05, 4.69) is 4.90 Å². The van der Waals surface area contributed by atoms with Crippen LogP contribution in [0.15, 0.2) is 18.2 Å². The van der Waals surface area contributed by atoms with Gasteiger partial charge in [-0.25, -0.2) is 4.39 Å². The largest absolute Gasteiger partial charge is 0.389 e. The third-order valence-electron chi connectivity index (χ3n) is 2.96. The van der Waals surface area contributed by atoms with Crippen LogP contribution in [0.4, 0.5) is 10.1 Å². The summed E-state index contributed by atoms with van der Waals surface area (Å²) in [6, 6.07) is 4.90. The van der Waals surface area contributed by atoms with Crippen LogP contribution < -0.4 is 4.90 Å². The summed E-state index contributed by atoms with van der Waals surface area (Å²) in [7, 11) is 5.94. The molecule has 0 radical (unpaired) electrons. The minimum absolute atomic E-state index is 0.277. The summed E-state index contributed by atoms with van der Waals surface area (Å²) in [5, 5.41) is 9.39. The number of halogens is 1. The van der Waals surface area contributed by atoms with Crippen LogP contribution in [0, 0.1) is 5.82 Å². The Hall–Kier alpha value is -1.13. The Morgan fingerprint density at radius 2 is 1.89 bits per heavy atom. The molecule has 1 N–H and O–H groups in total. The SMILES string of the molecule is CC(O)c1ccc(N(C)CCCN(C)C)c(F)c1. The monoisotopic (exact) mass is 254 g/mol. The molecule has 102 valence electrons. The number of nitrogens with zero attached hydrogens (tertiary/aromatic N) is 2. The fourth-order valence-corrected chi connectivity index (χ4v) is 1.84. The minimum atomic E-state index is -0.632. The first-order chi connectivity index (χ1) is 8.41. The summed E-state index contributed by atoms with van der Waals surface area (Å²) in [6.07, 6.45) is 0.355. The number of hydrogen-bond acceptors (Lipinski definition) is 3. The molecular weight excluding hydrogens is 231 g/mol. The number of rotatable bonds is 6. The highest BCUT2D eigenvalue weighted by Gasteiger charge is 2.10. The van der Waals surface area contributed by atoms with Gasteiger partial charge in [0.1, 0.15) is 5.82 Å². The van der Waals surface area contributed by atoms with Gasteiger partial charge in [0.25, 0.3) is 0 Å². The van der Waals surface area contributed by atoms with Crippen LogP contribution in [-0.4, -0.2) is 44.2 Å². The zero-order valence-corrected chi connectivity index (χ0v) is 11.7. The van der Waals surface area contributed by atoms with E-state index in [4.69, 9.17) is 0 Å². The number of benzene rings is 1. The lowest BCUT2D eigenvalue weighted by Gasteiger charge is -2.21. The first kappa shape index (κ1) is 14.9. The summed E-state index contributed by atoms with van der Waals surface area (Å²) < 4.78 is 13.9. The van der Waals surface area contributed by atoms with Crippen molar-refractivity contribution in [2.75, 3.05) is 39.1 Å². The quantitative estimate of drug-likeness (QED) is 0.843. The van der Waals surface area contributed by atoms with Crippen LogP contribution in [0.2, 0.25) is 0 Å². The van der Waals surface area contributed by atoms with E-state index in [0.717, 1.165) is 19.5 Å². The summed E-state index contributed by atoms with van der Waals surface area (Å²) in [5.74, 6) is -0.277. The van der Waals surface area contributed by atoms with Crippen LogP contribution in [0.3, 0.4) is 0 Å². The lowest BCUT2D eigenvalue weighted by molar-refractivity contribution is 0.199. The predicted octanol–water partition coefficient (Wildman–Crippen LogP) is 2.27. The van der Waals surface area contributed by atoms with Gasteiger partial charge >= 0.3 is 0 Å². The highest BCUT2D eigenvalue weighted by atomic mass is 19.1. The standard InChI is InChI=1S/C14H23FN2O/c1-11(18)12-6-7-14(13(15)10-12)17(4)9-5-8-16(2)3/h6-7,10-11,18H,5,8-9H2,1-4H3. The fourth-order valence-electron chi connectivity index (χ4n) is 1.84. The lowest BCUT2D eigenvalue weighted by Crippen LogP contribution is -2.24. The minimum Gasteiger partial charge on any atom is -0.389 e. The van der Waals surface area contributed by atoms with E-state index < -0.39 is 6.10 Å². The number of anilines is 1. The lowest BCUT2D eigenvalue weighted by atomic mass is 10.1. The molecule has 18 heavy (non-hydrogen) atoms. The van der Waals surface area contributed by atoms with Gasteiger partial charge in [-0.1, -0.05) is 6.07 Å². The van der Waals surface area contributed by atoms with Gasteiger partial charge in [-0.05, 0) is 51.7 Å². The maximum Gasteiger partial charge on any atom is 0.146 e. The molecule has 1 aromatic rings. The Kier molecular flexibility index (Phi) is 5.56. The molecule has 1 aromatic carbocycles. The van der Waals surface area contributed by atoms with Gasteiger partial charge in [0.15, 0.2) is 0 Å². The molecule has 0 aliphatic heterocycles. The Morgan fingerprint density at radius 1 is 1.22 bits per heavy atom. The van der Waals surface area contributed by atoms with Crippen molar-refractivity contribution in [1.82, 2.24) is 4.90 Å². The second-order valence-corrected chi connectivity index (χ2v) is 4.97. The summed E-state index contributed by atoms with van der Waals surface area (Å²) in [5.41, 5.74) is 1.19. The summed E-state index contributed by atoms with van der Waals surface area (Å²) in [4.78, 5) is 4.02. The Morgan fingerprint density at radius 3 is 2.39 bits per heavy atom. The molecule has 0 fully saturated rings. The molecule has 1 unspecified atom stereocenters. The van der Waals surface area contributed by atoms with E-state index in [-0.39, 0.29) is 5.82 Å². The van der Waals surface area contributed by atoms with Gasteiger partial charge in [0.2, 0.25) is 0 Å². The average Bonchev–Trinajstić information content (AvgIpc) is 2.27. The molecular formula is C14H23FN2O. The summed E-state index contributed by atoms with van der Waals surface area (Å²) >= 11 is 0. The second kappa shape index (κ2) is 6.71. The Labute approximate surface area is 109 Å². The molecule has 0 saturated carbocycles. The maximum absolute atomic E-state index is 13.9. The molecule has 4 heteroatoms. The molecule has 1 atom stereocenters. The smallest absolute Gasteiger partial charge is 0.146 e. The highest BCUT2D eigenvalue weighted by Crippen LogP contribution is 2.22. The van der Waals surface area contributed by atoms with Crippen molar-refractivity contribution in [2.24, 2.45) is 0 Å². The van der Waals surface area contributed by atoms with Gasteiger partial charge in [-0.3, -0.25) is 0 Å². The van der Waals surface area contributed by atoms with E-state index in [1.807, 2.05) is 26.0 Å². The van der Waals surface area contributed by atoms with E-state index in [9.17, 15) is 9.50 Å². The molecule has 0 aliphatic rings. The van der Waals surface area contributed by atoms with Crippen molar-refractivity contribution in [3.63, 3.8) is 0 Å².